The van der Waals surface area contributed by atoms with Crippen molar-refractivity contribution >= 4 is 36.4 Å². The smallest absolute Gasteiger partial charge is 0.407 e. The van der Waals surface area contributed by atoms with Gasteiger partial charge in [0.25, 0.3) is 5.91 Å². The lowest BCUT2D eigenvalue weighted by molar-refractivity contribution is -0.130. The molecule has 21 nitrogen and oxygen atoms in total. The van der Waals surface area contributed by atoms with Gasteiger partial charge in [-0.15, -0.1) is 10.3 Å². The molecule has 0 unspecified atom stereocenters. The highest BCUT2D eigenvalue weighted by atomic mass is 16.6. The van der Waals surface area contributed by atoms with Crippen LogP contribution in [0.5, 0.6) is 0 Å². The molecule has 0 aliphatic carbocycles. The van der Waals surface area contributed by atoms with E-state index in [1.165, 1.54) is 0 Å². The number of hydrogen-bond acceptors (Lipinski definition) is 15. The van der Waals surface area contributed by atoms with Gasteiger partial charge >= 0.3 is 6.09 Å². The summed E-state index contributed by atoms with van der Waals surface area (Å²) in [5, 5.41) is 22.7. The second-order valence-electron chi connectivity index (χ2n) is 9.62. The number of carbonyl (C=O) groups is 5. The van der Waals surface area contributed by atoms with Crippen LogP contribution in [0.4, 0.5) is 4.79 Å². The summed E-state index contributed by atoms with van der Waals surface area (Å²) in [4.78, 5) is 62.9. The minimum absolute atomic E-state index is 0.0688. The van der Waals surface area contributed by atoms with Crippen molar-refractivity contribution in [3.63, 3.8) is 0 Å². The number of alkyl carbamates (subject to hydrolysis) is 1. The first kappa shape index (κ1) is 42.6. The minimum atomic E-state index is -0.719. The van der Waals surface area contributed by atoms with Gasteiger partial charge in [0, 0.05) is 26.4 Å². The van der Waals surface area contributed by atoms with E-state index in [0.717, 1.165) is 13.0 Å². The van der Waals surface area contributed by atoms with Crippen molar-refractivity contribution in [2.24, 2.45) is 5.16 Å². The van der Waals surface area contributed by atoms with Gasteiger partial charge in [0.1, 0.15) is 12.3 Å². The predicted octanol–water partition coefficient (Wildman–Crippen LogP) is -2.91. The largest absolute Gasteiger partial charge is 0.443 e. The predicted molar refractivity (Wildman–Crippen MR) is 170 cm³/mol. The Morgan fingerprint density at radius 1 is 0.694 bits per heavy atom. The van der Waals surface area contributed by atoms with E-state index in [2.05, 4.69) is 60.5 Å². The van der Waals surface area contributed by atoms with E-state index in [1.54, 1.807) is 10.9 Å². The fraction of sp³-hybridized carbons (Fsp3) is 0.714. The van der Waals surface area contributed by atoms with Crippen LogP contribution in [0.15, 0.2) is 11.4 Å². The lowest BCUT2D eigenvalue weighted by Crippen LogP contribution is -2.45. The first-order chi connectivity index (χ1) is 23.8. The van der Waals surface area contributed by atoms with Crippen molar-refractivity contribution in [1.82, 2.24) is 41.6 Å². The molecule has 0 saturated carbocycles. The summed E-state index contributed by atoms with van der Waals surface area (Å²) in [5.74, 6) is -2.35. The second kappa shape index (κ2) is 29.7. The molecule has 5 N–H and O–H groups in total. The molecule has 0 atom stereocenters. The van der Waals surface area contributed by atoms with Gasteiger partial charge in [-0.25, -0.2) is 9.48 Å². The van der Waals surface area contributed by atoms with Gasteiger partial charge < -0.3 is 59.8 Å². The molecule has 278 valence electrons. The van der Waals surface area contributed by atoms with Gasteiger partial charge in [-0.2, -0.15) is 0 Å². The number of aromatic nitrogens is 3. The summed E-state index contributed by atoms with van der Waals surface area (Å²) in [6.45, 7) is 9.14. The Kier molecular flexibility index (Phi) is 25.8. The third kappa shape index (κ3) is 26.2. The second-order valence-corrected chi connectivity index (χ2v) is 9.62. The van der Waals surface area contributed by atoms with E-state index in [9.17, 15) is 24.0 Å². The van der Waals surface area contributed by atoms with Crippen molar-refractivity contribution < 1.29 is 57.2 Å². The van der Waals surface area contributed by atoms with Gasteiger partial charge in [0.2, 0.25) is 17.7 Å². The van der Waals surface area contributed by atoms with E-state index in [-0.39, 0.29) is 32.8 Å². The van der Waals surface area contributed by atoms with Crippen LogP contribution in [-0.2, 0) is 65.6 Å². The normalized spacial score (nSPS) is 10.6. The Balaban J connectivity index is 1.97. The number of ether oxygens (including phenoxy) is 6. The van der Waals surface area contributed by atoms with E-state index in [0.29, 0.717) is 71.7 Å². The molecule has 0 aromatic carbocycles. The molecule has 49 heavy (non-hydrogen) atoms. The van der Waals surface area contributed by atoms with Gasteiger partial charge in [-0.3, -0.25) is 19.2 Å². The summed E-state index contributed by atoms with van der Waals surface area (Å²) >= 11 is 0. The Bertz CT molecular complexity index is 1090. The molecule has 0 bridgehead atoms. The topological polar surface area (TPSA) is 253 Å². The van der Waals surface area contributed by atoms with Crippen LogP contribution in [0.3, 0.4) is 0 Å². The highest BCUT2D eigenvalue weighted by Crippen LogP contribution is 1.97. The molecule has 0 spiro atoms. The maximum atomic E-state index is 11.9. The van der Waals surface area contributed by atoms with Crippen molar-refractivity contribution in [3.05, 3.63) is 11.9 Å². The highest BCUT2D eigenvalue weighted by Gasteiger charge is 2.10. The molecule has 21 heteroatoms. The van der Waals surface area contributed by atoms with Crippen LogP contribution in [0.2, 0.25) is 0 Å². The molecule has 0 aliphatic heterocycles. The van der Waals surface area contributed by atoms with E-state index >= 15 is 0 Å². The third-order valence-corrected chi connectivity index (χ3v) is 5.58. The first-order valence-electron chi connectivity index (χ1n) is 15.7. The maximum absolute atomic E-state index is 11.9. The van der Waals surface area contributed by atoms with Crippen LogP contribution in [-0.4, -0.2) is 157 Å². The molecule has 0 fully saturated rings. The number of nitrogens with one attached hydrogen (secondary N) is 5. The Labute approximate surface area is 284 Å². The standard InChI is InChI=1S/C28H49N9O12/c1-3-7-43-9-11-45-13-15-47-16-14-46-12-10-44-8-6-37-20-23(35-36-37)21-48-28(42)31-5-4-30-24(38)17-32-25(39)18-33-26(40)19-34-27(41)22-49-29-2/h20H,2-19,21-22H2,1H3,(H,30,38)(H,31,42)(H,32,39)(H,33,40)(H,34,41). The molecule has 1 aromatic heterocycles. The van der Waals surface area contributed by atoms with Crippen molar-refractivity contribution in [1.29, 1.82) is 0 Å². The lowest BCUT2D eigenvalue weighted by atomic mass is 10.4. The zero-order valence-electron chi connectivity index (χ0n) is 27.9. The fourth-order valence-corrected chi connectivity index (χ4v) is 3.23. The first-order valence-corrected chi connectivity index (χ1v) is 15.7. The monoisotopic (exact) mass is 703 g/mol. The SMILES string of the molecule is C=NOCC(=O)NCC(=O)NCC(=O)NCC(=O)NCCNC(=O)OCc1cn(CCOCCOCCOCCOCCOCCC)nn1. The van der Waals surface area contributed by atoms with E-state index < -0.39 is 42.9 Å². The quantitative estimate of drug-likeness (QED) is 0.0296. The Morgan fingerprint density at radius 3 is 1.73 bits per heavy atom. The third-order valence-electron chi connectivity index (χ3n) is 5.58. The minimum Gasteiger partial charge on any atom is -0.443 e. The number of rotatable bonds is 31. The molecule has 1 heterocycles. The Hall–Kier alpha value is -4.44. The highest BCUT2D eigenvalue weighted by molar-refractivity contribution is 5.90. The summed E-state index contributed by atoms with van der Waals surface area (Å²) < 4.78 is 33.7. The zero-order valence-corrected chi connectivity index (χ0v) is 27.9. The number of oxime groups is 1. The van der Waals surface area contributed by atoms with Crippen LogP contribution in [0.25, 0.3) is 0 Å². The average Bonchev–Trinajstić information content (AvgIpc) is 3.56. The summed E-state index contributed by atoms with van der Waals surface area (Å²) in [7, 11) is 0. The van der Waals surface area contributed by atoms with Crippen molar-refractivity contribution in [2.45, 2.75) is 26.5 Å². The lowest BCUT2D eigenvalue weighted by Gasteiger charge is -2.09. The molecular formula is C28H49N9O12. The van der Waals surface area contributed by atoms with Crippen LogP contribution < -0.4 is 26.6 Å². The van der Waals surface area contributed by atoms with Gasteiger partial charge in [-0.1, -0.05) is 12.1 Å². The molecular weight excluding hydrogens is 654 g/mol. The van der Waals surface area contributed by atoms with Gasteiger partial charge in [0.15, 0.2) is 6.61 Å². The maximum Gasteiger partial charge on any atom is 0.407 e. The van der Waals surface area contributed by atoms with Crippen LogP contribution in [0, 0.1) is 0 Å². The zero-order chi connectivity index (χ0) is 35.8. The van der Waals surface area contributed by atoms with Crippen LogP contribution in [0.1, 0.15) is 19.0 Å². The Morgan fingerprint density at radius 2 is 1.18 bits per heavy atom. The van der Waals surface area contributed by atoms with Gasteiger partial charge in [0.05, 0.1) is 91.8 Å². The number of carbonyl (C=O) groups excluding carboxylic acids is 5. The number of hydrogen-bond donors (Lipinski definition) is 5. The van der Waals surface area contributed by atoms with Crippen LogP contribution >= 0.6 is 0 Å². The van der Waals surface area contributed by atoms with E-state index in [4.69, 9.17) is 28.4 Å². The molecule has 0 aliphatic rings. The molecule has 1 rings (SSSR count). The molecule has 0 saturated heterocycles. The van der Waals surface area contributed by atoms with Crippen molar-refractivity contribution in [3.8, 4) is 0 Å². The summed E-state index contributed by atoms with van der Waals surface area (Å²) in [5.41, 5.74) is 0.439. The molecule has 0 radical (unpaired) electrons. The number of amides is 5. The van der Waals surface area contributed by atoms with E-state index in [1.807, 2.05) is 0 Å². The molecule has 5 amide bonds. The average molecular weight is 704 g/mol. The number of nitrogens with zero attached hydrogens (tertiary/aromatic N) is 4. The summed E-state index contributed by atoms with van der Waals surface area (Å²) in [6.07, 6.45) is 1.90. The molecule has 1 aromatic rings. The van der Waals surface area contributed by atoms with Gasteiger partial charge in [-0.05, 0) is 6.42 Å². The fourth-order valence-electron chi connectivity index (χ4n) is 3.23. The van der Waals surface area contributed by atoms with Crippen molar-refractivity contribution in [2.75, 3.05) is 105 Å². The summed E-state index contributed by atoms with van der Waals surface area (Å²) in [6, 6.07) is 0.